The highest BCUT2D eigenvalue weighted by molar-refractivity contribution is 7.39. The maximum atomic E-state index is 12.0. The molecule has 0 amide bonds. The van der Waals surface area contributed by atoms with Gasteiger partial charge in [0.2, 0.25) is 0 Å². The van der Waals surface area contributed by atoms with Crippen LogP contribution in [0.3, 0.4) is 0 Å². The average molecular weight is 231 g/mol. The first-order valence-electron chi connectivity index (χ1n) is 5.69. The number of hydrogen-bond donors (Lipinski definition) is 1. The number of nitrogens with zero attached hydrogens (tertiary/aromatic N) is 1. The molecule has 1 heterocycles. The molecule has 1 saturated heterocycles. The van der Waals surface area contributed by atoms with Gasteiger partial charge < -0.3 is 5.11 Å². The van der Waals surface area contributed by atoms with E-state index in [0.29, 0.717) is 14.4 Å². The number of aliphatic hydroxyl groups is 1. The average Bonchev–Trinajstić information content (AvgIpc) is 2.21. The van der Waals surface area contributed by atoms with Crippen LogP contribution in [-0.4, -0.2) is 47.4 Å². The molecule has 1 aliphatic heterocycles. The Morgan fingerprint density at radius 3 is 2.33 bits per heavy atom. The third-order valence-corrected chi connectivity index (χ3v) is 4.17. The molecule has 1 N–H and O–H groups in total. The molecule has 0 aromatic heterocycles. The molecule has 3 nitrogen and oxygen atoms in total. The molecule has 0 radical (unpaired) electrons. The Labute approximate surface area is 94.0 Å². The minimum Gasteiger partial charge on any atom is -0.393 e. The summed E-state index contributed by atoms with van der Waals surface area (Å²) in [5, 5.41) is 9.42. The molecule has 4 heteroatoms. The van der Waals surface area contributed by atoms with Gasteiger partial charge in [0.05, 0.1) is 11.9 Å². The molecule has 1 fully saturated rings. The van der Waals surface area contributed by atoms with E-state index in [9.17, 15) is 9.90 Å². The number of carbonyl (C=O) groups excluding carboxylic acids is 1. The fourth-order valence-corrected chi connectivity index (χ4v) is 3.21. The number of carbonyl (C=O) groups is 1. The lowest BCUT2D eigenvalue weighted by Gasteiger charge is -2.35. The molecule has 0 aromatic carbocycles. The summed E-state index contributed by atoms with van der Waals surface area (Å²) in [4.78, 5) is 14.2. The number of hydrogen-bond acceptors (Lipinski definition) is 3. The van der Waals surface area contributed by atoms with E-state index in [1.165, 1.54) is 0 Å². The van der Waals surface area contributed by atoms with Crippen molar-refractivity contribution >= 4 is 14.4 Å². The number of likely N-dealkylation sites (tertiary alicyclic amines) is 1. The van der Waals surface area contributed by atoms with Crippen LogP contribution in [0.5, 0.6) is 0 Å². The predicted molar refractivity (Wildman–Crippen MR) is 64.7 cm³/mol. The van der Waals surface area contributed by atoms with Crippen LogP contribution in [0.4, 0.5) is 0 Å². The van der Waals surface area contributed by atoms with E-state index in [1.54, 1.807) is 0 Å². The zero-order chi connectivity index (χ0) is 11.4. The molecule has 0 saturated carbocycles. The minimum absolute atomic E-state index is 0.0949. The van der Waals surface area contributed by atoms with Gasteiger partial charge in [0.15, 0.2) is 5.78 Å². The molecule has 1 rings (SSSR count). The second kappa shape index (κ2) is 5.93. The van der Waals surface area contributed by atoms with Gasteiger partial charge in [0, 0.05) is 19.0 Å². The zero-order valence-electron chi connectivity index (χ0n) is 9.86. The van der Waals surface area contributed by atoms with Gasteiger partial charge in [-0.1, -0.05) is 22.4 Å². The maximum Gasteiger partial charge on any atom is 0.156 e. The van der Waals surface area contributed by atoms with Crippen LogP contribution >= 0.6 is 8.58 Å². The fraction of sp³-hybridized carbons (Fsp3) is 0.909. The topological polar surface area (TPSA) is 40.5 Å². The van der Waals surface area contributed by atoms with E-state index < -0.39 is 0 Å². The first-order chi connectivity index (χ1) is 7.06. The molecule has 2 unspecified atom stereocenters. The van der Waals surface area contributed by atoms with Crippen molar-refractivity contribution in [2.45, 2.75) is 38.6 Å². The summed E-state index contributed by atoms with van der Waals surface area (Å²) in [6.07, 6.45) is 1.47. The van der Waals surface area contributed by atoms with Gasteiger partial charge in [-0.05, 0) is 19.5 Å². The molecule has 0 bridgehead atoms. The summed E-state index contributed by atoms with van der Waals surface area (Å²) in [6, 6.07) is 0. The Morgan fingerprint density at radius 1 is 1.40 bits per heavy atom. The Hall–Kier alpha value is 0.0200. The molecule has 2 atom stereocenters. The molecular weight excluding hydrogens is 209 g/mol. The molecule has 0 aliphatic carbocycles. The minimum atomic E-state index is -0.156. The van der Waals surface area contributed by atoms with Crippen molar-refractivity contribution in [2.75, 3.05) is 19.8 Å². The van der Waals surface area contributed by atoms with Crippen molar-refractivity contribution in [2.24, 2.45) is 5.92 Å². The number of aliphatic hydroxyl groups excluding tert-OH is 1. The maximum absolute atomic E-state index is 12.0. The van der Waals surface area contributed by atoms with Crippen LogP contribution in [0.15, 0.2) is 0 Å². The normalized spacial score (nSPS) is 22.7. The smallest absolute Gasteiger partial charge is 0.156 e. The summed E-state index contributed by atoms with van der Waals surface area (Å²) in [5.41, 5.74) is 0. The third kappa shape index (κ3) is 3.51. The Bertz CT molecular complexity index is 213. The third-order valence-electron chi connectivity index (χ3n) is 2.98. The lowest BCUT2D eigenvalue weighted by molar-refractivity contribution is -0.125. The van der Waals surface area contributed by atoms with Crippen LogP contribution < -0.4 is 0 Å². The van der Waals surface area contributed by atoms with Crippen LogP contribution in [0.25, 0.3) is 0 Å². The summed E-state index contributed by atoms with van der Waals surface area (Å²) < 4.78 is 0. The second-order valence-corrected chi connectivity index (χ2v) is 5.64. The van der Waals surface area contributed by atoms with Gasteiger partial charge in [-0.15, -0.1) is 0 Å². The molecule has 88 valence electrons. The molecular formula is C11H22NO2P. The summed E-state index contributed by atoms with van der Waals surface area (Å²) >= 11 is 0. The van der Waals surface area contributed by atoms with E-state index >= 15 is 0 Å². The predicted octanol–water partition coefficient (Wildman–Crippen LogP) is 1.30. The van der Waals surface area contributed by atoms with Crippen molar-refractivity contribution in [3.8, 4) is 0 Å². The highest BCUT2D eigenvalue weighted by atomic mass is 31.1. The largest absolute Gasteiger partial charge is 0.393 e. The van der Waals surface area contributed by atoms with E-state index in [1.807, 2.05) is 13.8 Å². The first-order valence-corrected chi connectivity index (χ1v) is 7.27. The van der Waals surface area contributed by atoms with Crippen molar-refractivity contribution < 1.29 is 9.90 Å². The zero-order valence-corrected chi connectivity index (χ0v) is 10.9. The molecule has 0 spiro atoms. The van der Waals surface area contributed by atoms with E-state index in [4.69, 9.17) is 0 Å². The first kappa shape index (κ1) is 13.1. The molecule has 0 aromatic rings. The van der Waals surface area contributed by atoms with Crippen LogP contribution in [-0.2, 0) is 4.79 Å². The van der Waals surface area contributed by atoms with Crippen molar-refractivity contribution in [3.05, 3.63) is 0 Å². The van der Waals surface area contributed by atoms with Gasteiger partial charge >= 0.3 is 0 Å². The summed E-state index contributed by atoms with van der Waals surface area (Å²) in [5.74, 6) is 0.569. The van der Waals surface area contributed by atoms with E-state index in [-0.39, 0.29) is 17.8 Å². The standard InChI is InChI=1S/C11H22NO2P/c1-8(2)10(14)11(15-3)12-6-4-9(13)5-7-12/h8-9,11,13,15H,4-7H2,1-3H3. The molecule has 15 heavy (non-hydrogen) atoms. The van der Waals surface area contributed by atoms with Gasteiger partial charge in [-0.25, -0.2) is 0 Å². The van der Waals surface area contributed by atoms with Crippen molar-refractivity contribution in [3.63, 3.8) is 0 Å². The highest BCUT2D eigenvalue weighted by Gasteiger charge is 2.28. The number of rotatable bonds is 4. The Balaban J connectivity index is 2.55. The summed E-state index contributed by atoms with van der Waals surface area (Å²) in [7, 11) is 0.640. The SMILES string of the molecule is CPC(C(=O)C(C)C)N1CCC(O)CC1. The summed E-state index contributed by atoms with van der Waals surface area (Å²) in [6.45, 7) is 7.76. The van der Waals surface area contributed by atoms with Gasteiger partial charge in [-0.2, -0.15) is 0 Å². The molecule has 1 aliphatic rings. The fourth-order valence-electron chi connectivity index (χ4n) is 1.96. The van der Waals surface area contributed by atoms with E-state index in [0.717, 1.165) is 25.9 Å². The van der Waals surface area contributed by atoms with Gasteiger partial charge in [0.1, 0.15) is 0 Å². The monoisotopic (exact) mass is 231 g/mol. The lowest BCUT2D eigenvalue weighted by Crippen LogP contribution is -2.45. The lowest BCUT2D eigenvalue weighted by atomic mass is 10.0. The number of Topliss-reactive ketones (excluding diaryl/α,β-unsaturated/α-hetero) is 1. The quantitative estimate of drug-likeness (QED) is 0.741. The van der Waals surface area contributed by atoms with Crippen molar-refractivity contribution in [1.29, 1.82) is 0 Å². The van der Waals surface area contributed by atoms with E-state index in [2.05, 4.69) is 11.6 Å². The van der Waals surface area contributed by atoms with Gasteiger partial charge in [0.25, 0.3) is 0 Å². The second-order valence-electron chi connectivity index (χ2n) is 4.52. The van der Waals surface area contributed by atoms with Crippen LogP contribution in [0, 0.1) is 5.92 Å². The Morgan fingerprint density at radius 2 is 1.93 bits per heavy atom. The Kier molecular flexibility index (Phi) is 5.17. The van der Waals surface area contributed by atoms with Crippen LogP contribution in [0.2, 0.25) is 0 Å². The number of ketones is 1. The highest BCUT2D eigenvalue weighted by Crippen LogP contribution is 2.25. The number of piperidine rings is 1. The van der Waals surface area contributed by atoms with Crippen LogP contribution in [0.1, 0.15) is 26.7 Å². The van der Waals surface area contributed by atoms with Crippen molar-refractivity contribution in [1.82, 2.24) is 4.90 Å². The van der Waals surface area contributed by atoms with Gasteiger partial charge in [-0.3, -0.25) is 9.69 Å².